The van der Waals surface area contributed by atoms with Crippen molar-refractivity contribution in [3.63, 3.8) is 0 Å². The minimum Gasteiger partial charge on any atom is -0.396 e. The number of carbonyl (C=O) groups is 1. The number of piperidine rings is 1. The van der Waals surface area contributed by atoms with E-state index in [1.54, 1.807) is 10.9 Å². The van der Waals surface area contributed by atoms with E-state index in [4.69, 9.17) is 5.73 Å². The molecule has 0 aromatic carbocycles. The van der Waals surface area contributed by atoms with Crippen LogP contribution in [0.1, 0.15) is 30.3 Å². The topological polar surface area (TPSA) is 76.2 Å². The monoisotopic (exact) mass is 265 g/mol. The van der Waals surface area contributed by atoms with Crippen LogP contribution in [0, 0.1) is 5.92 Å². The average Bonchev–Trinajstić information content (AvgIpc) is 2.77. The van der Waals surface area contributed by atoms with Gasteiger partial charge in [-0.1, -0.05) is 0 Å². The predicted molar refractivity (Wildman–Crippen MR) is 74.9 cm³/mol. The Morgan fingerprint density at radius 2 is 2.42 bits per heavy atom. The normalized spacial score (nSPS) is 20.4. The fourth-order valence-corrected chi connectivity index (χ4v) is 2.54. The highest BCUT2D eigenvalue weighted by atomic mass is 16.2. The van der Waals surface area contributed by atoms with E-state index in [0.717, 1.165) is 13.1 Å². The van der Waals surface area contributed by atoms with E-state index in [2.05, 4.69) is 22.4 Å². The summed E-state index contributed by atoms with van der Waals surface area (Å²) >= 11 is 0. The Labute approximate surface area is 113 Å². The molecule has 1 unspecified atom stereocenters. The fourth-order valence-electron chi connectivity index (χ4n) is 2.54. The summed E-state index contributed by atoms with van der Waals surface area (Å²) in [6.07, 6.45) is 4.07. The average molecular weight is 265 g/mol. The highest BCUT2D eigenvalue weighted by Crippen LogP contribution is 2.14. The molecule has 1 fully saturated rings. The van der Waals surface area contributed by atoms with E-state index in [-0.39, 0.29) is 5.91 Å². The smallest absolute Gasteiger partial charge is 0.273 e. The maximum Gasteiger partial charge on any atom is 0.273 e. The number of nitrogens with two attached hydrogens (primary N) is 1. The van der Waals surface area contributed by atoms with Gasteiger partial charge in [-0.3, -0.25) is 9.48 Å². The number of carbonyl (C=O) groups excluding carboxylic acids is 1. The number of nitrogens with one attached hydrogen (secondary N) is 1. The van der Waals surface area contributed by atoms with Gasteiger partial charge in [-0.2, -0.15) is 5.10 Å². The Bertz CT molecular complexity index is 442. The summed E-state index contributed by atoms with van der Waals surface area (Å²) in [6.45, 7) is 5.57. The van der Waals surface area contributed by atoms with Crippen molar-refractivity contribution in [1.82, 2.24) is 20.0 Å². The molecule has 2 rings (SSSR count). The first-order chi connectivity index (χ1) is 9.10. The van der Waals surface area contributed by atoms with E-state index in [9.17, 15) is 4.79 Å². The number of likely N-dealkylation sites (tertiary alicyclic amines) is 1. The molecule has 0 saturated carbocycles. The van der Waals surface area contributed by atoms with Crippen LogP contribution in [-0.2, 0) is 6.54 Å². The van der Waals surface area contributed by atoms with Gasteiger partial charge >= 0.3 is 0 Å². The lowest BCUT2D eigenvalue weighted by Crippen LogP contribution is -2.39. The second kappa shape index (κ2) is 6.06. The molecule has 1 aromatic heterocycles. The number of nitrogens with zero attached hydrogens (tertiary/aromatic N) is 3. The van der Waals surface area contributed by atoms with Crippen LogP contribution in [0.3, 0.4) is 0 Å². The van der Waals surface area contributed by atoms with Gasteiger partial charge in [0.05, 0.1) is 5.69 Å². The molecule has 106 valence electrons. The van der Waals surface area contributed by atoms with Crippen molar-refractivity contribution in [2.45, 2.75) is 26.3 Å². The van der Waals surface area contributed by atoms with Gasteiger partial charge in [-0.25, -0.2) is 0 Å². The standard InChI is InChI=1S/C13H23N5O/c1-3-18-9-11(14)12(16-18)13(19)15-7-10-5-4-6-17(2)8-10/h9-10H,3-8,14H2,1-2H3,(H,15,19). The summed E-state index contributed by atoms with van der Waals surface area (Å²) in [5.74, 6) is 0.357. The van der Waals surface area contributed by atoms with Crippen LogP contribution in [-0.4, -0.2) is 47.3 Å². The van der Waals surface area contributed by atoms with Gasteiger partial charge < -0.3 is 16.0 Å². The highest BCUT2D eigenvalue weighted by molar-refractivity contribution is 5.96. The largest absolute Gasteiger partial charge is 0.396 e. The Kier molecular flexibility index (Phi) is 4.42. The van der Waals surface area contributed by atoms with Gasteiger partial charge in [0.2, 0.25) is 0 Å². The zero-order chi connectivity index (χ0) is 13.8. The minimum absolute atomic E-state index is 0.169. The molecule has 1 saturated heterocycles. The summed E-state index contributed by atoms with van der Waals surface area (Å²) in [6, 6.07) is 0. The molecule has 3 N–H and O–H groups in total. The van der Waals surface area contributed by atoms with Gasteiger partial charge in [0.15, 0.2) is 5.69 Å². The lowest BCUT2D eigenvalue weighted by Gasteiger charge is -2.29. The lowest BCUT2D eigenvalue weighted by molar-refractivity contribution is 0.0932. The second-order valence-electron chi connectivity index (χ2n) is 5.27. The maximum absolute atomic E-state index is 12.0. The van der Waals surface area contributed by atoms with E-state index >= 15 is 0 Å². The molecule has 0 spiro atoms. The summed E-state index contributed by atoms with van der Waals surface area (Å²) in [4.78, 5) is 14.3. The van der Waals surface area contributed by atoms with E-state index < -0.39 is 0 Å². The molecule has 1 aromatic rings. The molecule has 1 aliphatic heterocycles. The predicted octanol–water partition coefficient (Wildman–Crippen LogP) is 0.557. The van der Waals surface area contributed by atoms with E-state index in [1.165, 1.54) is 12.8 Å². The van der Waals surface area contributed by atoms with Crippen LogP contribution in [0.5, 0.6) is 0 Å². The van der Waals surface area contributed by atoms with Crippen LogP contribution in [0.15, 0.2) is 6.20 Å². The third-order valence-electron chi connectivity index (χ3n) is 3.60. The number of nitrogen functional groups attached to an aromatic ring is 1. The molecule has 0 bridgehead atoms. The molecule has 0 radical (unpaired) electrons. The summed E-state index contributed by atoms with van der Waals surface area (Å²) < 4.78 is 1.68. The molecule has 19 heavy (non-hydrogen) atoms. The Morgan fingerprint density at radius 3 is 3.05 bits per heavy atom. The van der Waals surface area contributed by atoms with Crippen molar-refractivity contribution >= 4 is 11.6 Å². The zero-order valence-corrected chi connectivity index (χ0v) is 11.7. The third kappa shape index (κ3) is 3.47. The van der Waals surface area contributed by atoms with E-state index in [0.29, 0.717) is 30.4 Å². The molecule has 1 aliphatic rings. The molecule has 6 nitrogen and oxygen atoms in total. The van der Waals surface area contributed by atoms with Crippen molar-refractivity contribution in [2.75, 3.05) is 32.4 Å². The number of anilines is 1. The number of aromatic nitrogens is 2. The van der Waals surface area contributed by atoms with Crippen LogP contribution in [0.25, 0.3) is 0 Å². The quantitative estimate of drug-likeness (QED) is 0.834. The van der Waals surface area contributed by atoms with Crippen LogP contribution < -0.4 is 11.1 Å². The zero-order valence-electron chi connectivity index (χ0n) is 11.7. The second-order valence-corrected chi connectivity index (χ2v) is 5.27. The Morgan fingerprint density at radius 1 is 1.63 bits per heavy atom. The number of rotatable bonds is 4. The number of hydrogen-bond acceptors (Lipinski definition) is 4. The fraction of sp³-hybridized carbons (Fsp3) is 0.692. The van der Waals surface area contributed by atoms with Crippen molar-refractivity contribution in [2.24, 2.45) is 5.92 Å². The Hall–Kier alpha value is -1.56. The van der Waals surface area contributed by atoms with Crippen LogP contribution >= 0.6 is 0 Å². The van der Waals surface area contributed by atoms with Gasteiger partial charge in [0.25, 0.3) is 5.91 Å². The lowest BCUT2D eigenvalue weighted by atomic mass is 9.98. The van der Waals surface area contributed by atoms with Crippen molar-refractivity contribution in [3.8, 4) is 0 Å². The van der Waals surface area contributed by atoms with Crippen molar-refractivity contribution in [3.05, 3.63) is 11.9 Å². The number of hydrogen-bond donors (Lipinski definition) is 2. The SMILES string of the molecule is CCn1cc(N)c(C(=O)NCC2CCCN(C)C2)n1. The van der Waals surface area contributed by atoms with Crippen molar-refractivity contribution in [1.29, 1.82) is 0 Å². The van der Waals surface area contributed by atoms with Gasteiger partial charge in [-0.15, -0.1) is 0 Å². The summed E-state index contributed by atoms with van der Waals surface area (Å²) in [5.41, 5.74) is 6.58. The molecular formula is C13H23N5O. The van der Waals surface area contributed by atoms with E-state index in [1.807, 2.05) is 6.92 Å². The molecule has 6 heteroatoms. The van der Waals surface area contributed by atoms with Crippen molar-refractivity contribution < 1.29 is 4.79 Å². The van der Waals surface area contributed by atoms with Crippen LogP contribution in [0.2, 0.25) is 0 Å². The first-order valence-corrected chi connectivity index (χ1v) is 6.89. The molecule has 1 atom stereocenters. The molecule has 1 amide bonds. The Balaban J connectivity index is 1.88. The maximum atomic E-state index is 12.0. The molecule has 2 heterocycles. The van der Waals surface area contributed by atoms with Gasteiger partial charge in [-0.05, 0) is 39.3 Å². The van der Waals surface area contributed by atoms with Gasteiger partial charge in [0.1, 0.15) is 0 Å². The summed E-state index contributed by atoms with van der Waals surface area (Å²) in [7, 11) is 2.12. The third-order valence-corrected chi connectivity index (χ3v) is 3.60. The number of aryl methyl sites for hydroxylation is 1. The molecule has 0 aliphatic carbocycles. The minimum atomic E-state index is -0.169. The van der Waals surface area contributed by atoms with Crippen LogP contribution in [0.4, 0.5) is 5.69 Å². The highest BCUT2D eigenvalue weighted by Gasteiger charge is 2.19. The molecular weight excluding hydrogens is 242 g/mol. The summed E-state index contributed by atoms with van der Waals surface area (Å²) in [5, 5.41) is 7.12. The van der Waals surface area contributed by atoms with Gasteiger partial charge in [0, 0.05) is 25.8 Å². The first-order valence-electron chi connectivity index (χ1n) is 6.89. The first kappa shape index (κ1) is 13.9. The number of amides is 1.